The summed E-state index contributed by atoms with van der Waals surface area (Å²) in [6.45, 7) is 1.58. The first-order chi connectivity index (χ1) is 10.8. The van der Waals surface area contributed by atoms with Gasteiger partial charge in [-0.2, -0.15) is 0 Å². The van der Waals surface area contributed by atoms with Crippen LogP contribution in [0.5, 0.6) is 0 Å². The Morgan fingerprint density at radius 3 is 2.61 bits per heavy atom. The fourth-order valence-corrected chi connectivity index (χ4v) is 2.82. The molecule has 1 aliphatic heterocycles. The Labute approximate surface area is 134 Å². The molecule has 1 aromatic heterocycles. The molecule has 1 saturated heterocycles. The van der Waals surface area contributed by atoms with Crippen LogP contribution in [0.1, 0.15) is 11.9 Å². The van der Waals surface area contributed by atoms with Crippen LogP contribution in [-0.2, 0) is 9.59 Å². The molecule has 9 heteroatoms. The number of aryl methyl sites for hydroxylation is 1. The zero-order valence-electron chi connectivity index (χ0n) is 12.3. The normalized spacial score (nSPS) is 24.7. The van der Waals surface area contributed by atoms with Crippen molar-refractivity contribution in [3.8, 4) is 0 Å². The number of aromatic nitrogens is 2. The average molecular weight is 306 g/mol. The lowest BCUT2D eigenvalue weighted by Crippen LogP contribution is -2.50. The van der Waals surface area contributed by atoms with Crippen molar-refractivity contribution < 1.29 is 9.59 Å². The molecule has 3 rings (SSSR count). The van der Waals surface area contributed by atoms with Crippen LogP contribution in [0.25, 0.3) is 10.9 Å². The van der Waals surface area contributed by atoms with Crippen molar-refractivity contribution in [3.63, 3.8) is 0 Å². The van der Waals surface area contributed by atoms with Crippen LogP contribution in [0.15, 0.2) is 23.0 Å². The highest BCUT2D eigenvalue weighted by Gasteiger charge is 2.40. The topological polar surface area (TPSA) is 107 Å². The lowest BCUT2D eigenvalue weighted by molar-refractivity contribution is -0.135. The number of nitrogens with zero attached hydrogens (tertiary/aromatic N) is 2. The average Bonchev–Trinajstić information content (AvgIpc) is 2.48. The predicted molar refractivity (Wildman–Crippen MR) is 86.3 cm³/mol. The quantitative estimate of drug-likeness (QED) is 0.415. The van der Waals surface area contributed by atoms with Crippen molar-refractivity contribution in [3.05, 3.63) is 34.4 Å². The summed E-state index contributed by atoms with van der Waals surface area (Å²) in [7, 11) is 11.6. The molecule has 0 bridgehead atoms. The first kappa shape index (κ1) is 15.3. The number of carbonyl (C=O) groups excluding carboxylic acids is 2. The summed E-state index contributed by atoms with van der Waals surface area (Å²) < 4.78 is 1.14. The van der Waals surface area contributed by atoms with Crippen LogP contribution in [-0.4, -0.2) is 37.1 Å². The molecule has 2 heterocycles. The summed E-state index contributed by atoms with van der Waals surface area (Å²) >= 11 is 0. The SMILES string of the molecule is [B]C1C(=O)NC(=O)C(n2c(C)nc3cccc(N)c3c2=O)C1[B]. The first-order valence-electron chi connectivity index (χ1n) is 6.96. The molecule has 3 N–H and O–H groups in total. The molecule has 7 nitrogen and oxygen atoms in total. The number of hydrogen-bond donors (Lipinski definition) is 2. The Kier molecular flexibility index (Phi) is 3.50. The van der Waals surface area contributed by atoms with Gasteiger partial charge in [-0.15, -0.1) is 0 Å². The molecule has 3 atom stereocenters. The molecule has 2 aromatic rings. The van der Waals surface area contributed by atoms with Crippen LogP contribution in [0, 0.1) is 6.92 Å². The van der Waals surface area contributed by atoms with E-state index in [9.17, 15) is 14.4 Å². The third-order valence-electron chi connectivity index (χ3n) is 4.01. The molecule has 3 unspecified atom stereocenters. The molecule has 0 spiro atoms. The third kappa shape index (κ3) is 2.23. The summed E-state index contributed by atoms with van der Waals surface area (Å²) in [5.41, 5.74) is 6.04. The van der Waals surface area contributed by atoms with Crippen molar-refractivity contribution in [2.75, 3.05) is 5.73 Å². The van der Waals surface area contributed by atoms with Crippen molar-refractivity contribution in [2.24, 2.45) is 0 Å². The van der Waals surface area contributed by atoms with Gasteiger partial charge in [0.1, 0.15) is 11.9 Å². The summed E-state index contributed by atoms with van der Waals surface area (Å²) in [5, 5.41) is 2.32. The summed E-state index contributed by atoms with van der Waals surface area (Å²) in [6, 6.07) is 3.77. The number of nitrogens with two attached hydrogens (primary N) is 1. The number of nitrogen functional groups attached to an aromatic ring is 1. The van der Waals surface area contributed by atoms with Crippen LogP contribution >= 0.6 is 0 Å². The van der Waals surface area contributed by atoms with E-state index in [1.807, 2.05) is 0 Å². The van der Waals surface area contributed by atoms with Gasteiger partial charge in [-0.3, -0.25) is 24.3 Å². The fraction of sp³-hybridized carbons (Fsp3) is 0.286. The minimum atomic E-state index is -1.13. The highest BCUT2D eigenvalue weighted by Crippen LogP contribution is 2.35. The first-order valence-corrected chi connectivity index (χ1v) is 6.96. The molecule has 23 heavy (non-hydrogen) atoms. The van der Waals surface area contributed by atoms with E-state index in [0.29, 0.717) is 5.52 Å². The molecule has 0 aliphatic carbocycles. The van der Waals surface area contributed by atoms with Gasteiger partial charge < -0.3 is 5.73 Å². The lowest BCUT2D eigenvalue weighted by Gasteiger charge is -2.34. The number of amides is 2. The van der Waals surface area contributed by atoms with Crippen molar-refractivity contribution in [1.29, 1.82) is 0 Å². The van der Waals surface area contributed by atoms with Crippen LogP contribution in [0.2, 0.25) is 11.6 Å². The largest absolute Gasteiger partial charge is 0.398 e. The van der Waals surface area contributed by atoms with E-state index in [-0.39, 0.29) is 16.9 Å². The number of carbonyl (C=O) groups is 2. The van der Waals surface area contributed by atoms with Gasteiger partial charge in [0.15, 0.2) is 0 Å². The summed E-state index contributed by atoms with van der Waals surface area (Å²) in [5.74, 6) is -3.22. The van der Waals surface area contributed by atoms with Crippen LogP contribution in [0.4, 0.5) is 5.69 Å². The Balaban J connectivity index is 2.28. The number of nitrogens with one attached hydrogen (secondary N) is 1. The second-order valence-corrected chi connectivity index (χ2v) is 5.48. The highest BCUT2D eigenvalue weighted by atomic mass is 16.2. The molecular formula is C14H12B2N4O3. The van der Waals surface area contributed by atoms with Crippen molar-refractivity contribution in [2.45, 2.75) is 24.6 Å². The molecule has 112 valence electrons. The van der Waals surface area contributed by atoms with Gasteiger partial charge in [-0.1, -0.05) is 6.07 Å². The second kappa shape index (κ2) is 5.26. The highest BCUT2D eigenvalue weighted by molar-refractivity contribution is 6.34. The molecule has 1 aromatic carbocycles. The number of piperidine rings is 1. The number of imide groups is 1. The van der Waals surface area contributed by atoms with Gasteiger partial charge in [0.25, 0.3) is 5.56 Å². The van der Waals surface area contributed by atoms with Gasteiger partial charge >= 0.3 is 0 Å². The van der Waals surface area contributed by atoms with Gasteiger partial charge in [-0.05, 0) is 30.7 Å². The van der Waals surface area contributed by atoms with Gasteiger partial charge in [0.05, 0.1) is 26.6 Å². The van der Waals surface area contributed by atoms with E-state index < -0.39 is 35.0 Å². The third-order valence-corrected chi connectivity index (χ3v) is 4.01. The number of hydrogen-bond acceptors (Lipinski definition) is 5. The summed E-state index contributed by atoms with van der Waals surface area (Å²) in [4.78, 5) is 40.9. The van der Waals surface area contributed by atoms with E-state index in [4.69, 9.17) is 21.4 Å². The number of fused-ring (bicyclic) bond motifs is 1. The standard InChI is InChI=1S/C14H12B2N4O3/c1-5-18-7-4-2-3-6(17)8(7)14(23)20(5)11-9(15)10(16)12(21)19-13(11)22/h2-4,9-11H,17H2,1H3,(H,19,21,22). The van der Waals surface area contributed by atoms with E-state index in [1.165, 1.54) is 0 Å². The van der Waals surface area contributed by atoms with Crippen molar-refractivity contribution >= 4 is 44.1 Å². The van der Waals surface area contributed by atoms with Crippen molar-refractivity contribution in [1.82, 2.24) is 14.9 Å². The Morgan fingerprint density at radius 2 is 1.91 bits per heavy atom. The molecule has 1 aliphatic rings. The number of benzene rings is 1. The Hall–Kier alpha value is -2.57. The van der Waals surface area contributed by atoms with Gasteiger partial charge in [0.2, 0.25) is 11.8 Å². The summed E-state index contributed by atoms with van der Waals surface area (Å²) in [6.07, 6.45) is 0. The molecule has 2 amide bonds. The smallest absolute Gasteiger partial charge is 0.264 e. The van der Waals surface area contributed by atoms with Gasteiger partial charge in [-0.25, -0.2) is 4.98 Å². The molecule has 1 fully saturated rings. The van der Waals surface area contributed by atoms with Gasteiger partial charge in [0, 0.05) is 5.69 Å². The van der Waals surface area contributed by atoms with Crippen LogP contribution < -0.4 is 16.6 Å². The van der Waals surface area contributed by atoms with E-state index in [0.717, 1.165) is 4.57 Å². The number of rotatable bonds is 1. The maximum Gasteiger partial charge on any atom is 0.264 e. The zero-order valence-corrected chi connectivity index (χ0v) is 12.3. The Bertz CT molecular complexity index is 895. The maximum atomic E-state index is 12.8. The lowest BCUT2D eigenvalue weighted by atomic mass is 9.61. The molecular weight excluding hydrogens is 294 g/mol. The zero-order chi connectivity index (χ0) is 16.9. The Morgan fingerprint density at radius 1 is 1.22 bits per heavy atom. The number of anilines is 1. The minimum absolute atomic E-state index is 0.198. The minimum Gasteiger partial charge on any atom is -0.398 e. The predicted octanol–water partition coefficient (Wildman–Crippen LogP) is -0.601. The monoisotopic (exact) mass is 306 g/mol. The van der Waals surface area contributed by atoms with Crippen LogP contribution in [0.3, 0.4) is 0 Å². The molecule has 4 radical (unpaired) electrons. The van der Waals surface area contributed by atoms with E-state index in [2.05, 4.69) is 10.3 Å². The van der Waals surface area contributed by atoms with E-state index in [1.54, 1.807) is 25.1 Å². The molecule has 0 saturated carbocycles. The second-order valence-electron chi connectivity index (χ2n) is 5.48. The maximum absolute atomic E-state index is 12.8. The van der Waals surface area contributed by atoms with E-state index >= 15 is 0 Å². The fourth-order valence-electron chi connectivity index (χ4n) is 2.82.